The summed E-state index contributed by atoms with van der Waals surface area (Å²) in [5, 5.41) is 11.8. The molecule has 2 aromatic rings. The van der Waals surface area contributed by atoms with E-state index in [9.17, 15) is 4.79 Å². The number of rotatable bonds is 7. The second kappa shape index (κ2) is 8.61. The summed E-state index contributed by atoms with van der Waals surface area (Å²) in [5.74, 6) is 0.548. The monoisotopic (exact) mass is 315 g/mol. The standard InChI is InChI=1S/C18H21NO2S/c1-14(22-13-12-20)18(21)19-17(15-8-4-2-5-9-15)16-10-6-3-7-11-16/h2-11,14,17,20H,12-13H2,1H3,(H,19,21). The van der Waals surface area contributed by atoms with Crippen LogP contribution >= 0.6 is 11.8 Å². The fourth-order valence-corrected chi connectivity index (χ4v) is 2.89. The molecule has 3 nitrogen and oxygen atoms in total. The first-order valence-electron chi connectivity index (χ1n) is 7.35. The number of hydrogen-bond donors (Lipinski definition) is 2. The average Bonchev–Trinajstić information content (AvgIpc) is 2.58. The third kappa shape index (κ3) is 4.61. The molecule has 2 aromatic carbocycles. The van der Waals surface area contributed by atoms with E-state index >= 15 is 0 Å². The van der Waals surface area contributed by atoms with Gasteiger partial charge in [0.15, 0.2) is 0 Å². The fraction of sp³-hybridized carbons (Fsp3) is 0.278. The summed E-state index contributed by atoms with van der Waals surface area (Å²) in [6, 6.07) is 19.7. The molecule has 0 aliphatic carbocycles. The fourth-order valence-electron chi connectivity index (χ4n) is 2.21. The number of nitrogens with one attached hydrogen (secondary N) is 1. The lowest BCUT2D eigenvalue weighted by Crippen LogP contribution is -2.35. The number of hydrogen-bond acceptors (Lipinski definition) is 3. The van der Waals surface area contributed by atoms with Crippen molar-refractivity contribution in [2.45, 2.75) is 18.2 Å². The van der Waals surface area contributed by atoms with Crippen LogP contribution in [0.25, 0.3) is 0 Å². The molecule has 1 unspecified atom stereocenters. The van der Waals surface area contributed by atoms with Crippen molar-refractivity contribution in [3.05, 3.63) is 71.8 Å². The van der Waals surface area contributed by atoms with E-state index in [1.807, 2.05) is 67.6 Å². The maximum Gasteiger partial charge on any atom is 0.233 e. The summed E-state index contributed by atoms with van der Waals surface area (Å²) in [4.78, 5) is 12.4. The highest BCUT2D eigenvalue weighted by Gasteiger charge is 2.20. The van der Waals surface area contributed by atoms with E-state index in [-0.39, 0.29) is 23.8 Å². The third-order valence-electron chi connectivity index (χ3n) is 3.38. The van der Waals surface area contributed by atoms with E-state index in [0.29, 0.717) is 5.75 Å². The number of aliphatic hydroxyl groups excluding tert-OH is 1. The van der Waals surface area contributed by atoms with Gasteiger partial charge in [-0.3, -0.25) is 4.79 Å². The Hall–Kier alpha value is -1.78. The van der Waals surface area contributed by atoms with Crippen molar-refractivity contribution < 1.29 is 9.90 Å². The van der Waals surface area contributed by atoms with Crippen molar-refractivity contribution in [1.82, 2.24) is 5.32 Å². The predicted molar refractivity (Wildman–Crippen MR) is 91.9 cm³/mol. The highest BCUT2D eigenvalue weighted by Crippen LogP contribution is 2.22. The third-order valence-corrected chi connectivity index (χ3v) is 4.51. The molecule has 0 aliphatic heterocycles. The molecule has 1 amide bonds. The minimum Gasteiger partial charge on any atom is -0.396 e. The van der Waals surface area contributed by atoms with Crippen molar-refractivity contribution >= 4 is 17.7 Å². The Morgan fingerprint density at radius 2 is 1.55 bits per heavy atom. The topological polar surface area (TPSA) is 49.3 Å². The van der Waals surface area contributed by atoms with E-state index in [4.69, 9.17) is 5.11 Å². The molecule has 0 aliphatic rings. The number of benzene rings is 2. The summed E-state index contributed by atoms with van der Waals surface area (Å²) in [6.07, 6.45) is 0. The number of carbonyl (C=O) groups is 1. The zero-order valence-electron chi connectivity index (χ0n) is 12.6. The smallest absolute Gasteiger partial charge is 0.233 e. The molecule has 4 heteroatoms. The second-order valence-corrected chi connectivity index (χ2v) is 6.45. The Labute approximate surface area is 135 Å². The van der Waals surface area contributed by atoms with Gasteiger partial charge in [-0.25, -0.2) is 0 Å². The van der Waals surface area contributed by atoms with Crippen molar-refractivity contribution in [3.63, 3.8) is 0 Å². The molecular weight excluding hydrogens is 294 g/mol. The number of aliphatic hydroxyl groups is 1. The van der Waals surface area contributed by atoms with Gasteiger partial charge < -0.3 is 10.4 Å². The quantitative estimate of drug-likeness (QED) is 0.826. The van der Waals surface area contributed by atoms with Gasteiger partial charge in [-0.1, -0.05) is 60.7 Å². The summed E-state index contributed by atoms with van der Waals surface area (Å²) in [6.45, 7) is 1.95. The lowest BCUT2D eigenvalue weighted by atomic mass is 9.98. The first kappa shape index (κ1) is 16.6. The zero-order chi connectivity index (χ0) is 15.8. The molecule has 0 aromatic heterocycles. The molecule has 2 N–H and O–H groups in total. The summed E-state index contributed by atoms with van der Waals surface area (Å²) in [7, 11) is 0. The summed E-state index contributed by atoms with van der Waals surface area (Å²) < 4.78 is 0. The Morgan fingerprint density at radius 1 is 1.05 bits per heavy atom. The van der Waals surface area contributed by atoms with E-state index in [0.717, 1.165) is 11.1 Å². The first-order chi connectivity index (χ1) is 10.7. The normalized spacial score (nSPS) is 12.1. The molecule has 0 saturated carbocycles. The second-order valence-electron chi connectivity index (χ2n) is 5.00. The van der Waals surface area contributed by atoms with E-state index in [1.54, 1.807) is 0 Å². The molecule has 0 bridgehead atoms. The Bertz CT molecular complexity index is 535. The molecule has 0 fully saturated rings. The van der Waals surface area contributed by atoms with Gasteiger partial charge in [0, 0.05) is 5.75 Å². The average molecular weight is 315 g/mol. The largest absolute Gasteiger partial charge is 0.396 e. The van der Waals surface area contributed by atoms with Crippen LogP contribution in [0.3, 0.4) is 0 Å². The molecule has 2 rings (SSSR count). The summed E-state index contributed by atoms with van der Waals surface area (Å²) >= 11 is 1.45. The lowest BCUT2D eigenvalue weighted by Gasteiger charge is -2.22. The van der Waals surface area contributed by atoms with Crippen LogP contribution in [0.15, 0.2) is 60.7 Å². The van der Waals surface area contributed by atoms with Crippen LogP contribution < -0.4 is 5.32 Å². The molecule has 1 atom stereocenters. The highest BCUT2D eigenvalue weighted by atomic mass is 32.2. The van der Waals surface area contributed by atoms with Gasteiger partial charge in [-0.05, 0) is 18.1 Å². The number of carbonyl (C=O) groups excluding carboxylic acids is 1. The van der Waals surface area contributed by atoms with Crippen LogP contribution in [0, 0.1) is 0 Å². The molecule has 0 radical (unpaired) electrons. The van der Waals surface area contributed by atoms with E-state index in [2.05, 4.69) is 5.32 Å². The number of amides is 1. The van der Waals surface area contributed by atoms with Crippen LogP contribution in [-0.2, 0) is 4.79 Å². The minimum atomic E-state index is -0.193. The number of thioether (sulfide) groups is 1. The predicted octanol–water partition coefficient (Wildman–Crippen LogP) is 3.01. The van der Waals surface area contributed by atoms with E-state index in [1.165, 1.54) is 11.8 Å². The maximum absolute atomic E-state index is 12.4. The lowest BCUT2D eigenvalue weighted by molar-refractivity contribution is -0.120. The minimum absolute atomic E-state index is 0.0174. The van der Waals surface area contributed by atoms with Crippen LogP contribution in [0.1, 0.15) is 24.1 Å². The molecule has 0 saturated heterocycles. The van der Waals surface area contributed by atoms with Crippen molar-refractivity contribution in [2.24, 2.45) is 0 Å². The van der Waals surface area contributed by atoms with Crippen LogP contribution in [0.2, 0.25) is 0 Å². The van der Waals surface area contributed by atoms with Gasteiger partial charge in [-0.2, -0.15) is 0 Å². The van der Waals surface area contributed by atoms with Crippen LogP contribution in [0.4, 0.5) is 0 Å². The van der Waals surface area contributed by atoms with Gasteiger partial charge in [0.2, 0.25) is 5.91 Å². The zero-order valence-corrected chi connectivity index (χ0v) is 13.4. The Morgan fingerprint density at radius 3 is 2.00 bits per heavy atom. The summed E-state index contributed by atoms with van der Waals surface area (Å²) in [5.41, 5.74) is 2.11. The maximum atomic E-state index is 12.4. The van der Waals surface area contributed by atoms with Crippen LogP contribution in [0.5, 0.6) is 0 Å². The van der Waals surface area contributed by atoms with Crippen molar-refractivity contribution in [2.75, 3.05) is 12.4 Å². The van der Waals surface area contributed by atoms with E-state index < -0.39 is 0 Å². The molecular formula is C18H21NO2S. The highest BCUT2D eigenvalue weighted by molar-refractivity contribution is 8.00. The molecule has 0 heterocycles. The van der Waals surface area contributed by atoms with Crippen LogP contribution in [-0.4, -0.2) is 28.6 Å². The van der Waals surface area contributed by atoms with Gasteiger partial charge in [0.1, 0.15) is 0 Å². The first-order valence-corrected chi connectivity index (χ1v) is 8.40. The van der Waals surface area contributed by atoms with Gasteiger partial charge in [0.25, 0.3) is 0 Å². The molecule has 0 spiro atoms. The molecule has 22 heavy (non-hydrogen) atoms. The van der Waals surface area contributed by atoms with Gasteiger partial charge in [0.05, 0.1) is 17.9 Å². The van der Waals surface area contributed by atoms with Gasteiger partial charge >= 0.3 is 0 Å². The van der Waals surface area contributed by atoms with Crippen molar-refractivity contribution in [1.29, 1.82) is 0 Å². The van der Waals surface area contributed by atoms with Crippen molar-refractivity contribution in [3.8, 4) is 0 Å². The SMILES string of the molecule is CC(SCCO)C(=O)NC(c1ccccc1)c1ccccc1. The Kier molecular flexibility index (Phi) is 6.49. The molecule has 116 valence electrons. The van der Waals surface area contributed by atoms with Gasteiger partial charge in [-0.15, -0.1) is 11.8 Å². The Balaban J connectivity index is 2.17.